The summed E-state index contributed by atoms with van der Waals surface area (Å²) in [7, 11) is -3.41. The number of rotatable bonds is 4. The highest BCUT2D eigenvalue weighted by Gasteiger charge is 2.25. The number of halogens is 1. The predicted octanol–water partition coefficient (Wildman–Crippen LogP) is 3.07. The van der Waals surface area contributed by atoms with Crippen LogP contribution in [0.5, 0.6) is 0 Å². The zero-order valence-electron chi connectivity index (χ0n) is 11.1. The molecular formula is C14H20ClNO2S. The van der Waals surface area contributed by atoms with Gasteiger partial charge in [0.1, 0.15) is 0 Å². The standard InChI is InChI=1S/C14H20ClNO2S/c1-11-5-4-7-13(9-11)19(17,18)16-10-12-6-2-3-8-14(12)15/h4-5,7,9,12,14,16H,2-3,6,8,10H2,1H3. The van der Waals surface area contributed by atoms with Crippen molar-refractivity contribution < 1.29 is 8.42 Å². The monoisotopic (exact) mass is 301 g/mol. The van der Waals surface area contributed by atoms with Gasteiger partial charge < -0.3 is 0 Å². The molecule has 0 amide bonds. The van der Waals surface area contributed by atoms with Gasteiger partial charge in [0.15, 0.2) is 0 Å². The predicted molar refractivity (Wildman–Crippen MR) is 78.0 cm³/mol. The summed E-state index contributed by atoms with van der Waals surface area (Å²) in [4.78, 5) is 0.328. The van der Waals surface area contributed by atoms with E-state index in [1.807, 2.05) is 13.0 Å². The van der Waals surface area contributed by atoms with Gasteiger partial charge in [-0.2, -0.15) is 0 Å². The first kappa shape index (κ1) is 14.8. The largest absolute Gasteiger partial charge is 0.240 e. The summed E-state index contributed by atoms with van der Waals surface area (Å²) < 4.78 is 27.0. The van der Waals surface area contributed by atoms with Crippen LogP contribution in [-0.4, -0.2) is 20.3 Å². The molecule has 1 aliphatic carbocycles. The molecule has 0 bridgehead atoms. The summed E-state index contributed by atoms with van der Waals surface area (Å²) in [5.74, 6) is 0.245. The fourth-order valence-corrected chi connectivity index (χ4v) is 4.04. The summed E-state index contributed by atoms with van der Waals surface area (Å²) in [6.45, 7) is 2.32. The second kappa shape index (κ2) is 6.25. The number of hydrogen-bond donors (Lipinski definition) is 1. The molecule has 19 heavy (non-hydrogen) atoms. The molecule has 1 aliphatic rings. The van der Waals surface area contributed by atoms with E-state index < -0.39 is 10.0 Å². The van der Waals surface area contributed by atoms with Gasteiger partial charge in [0.25, 0.3) is 0 Å². The van der Waals surface area contributed by atoms with Crippen molar-refractivity contribution in [2.45, 2.75) is 42.9 Å². The Labute approximate surface area is 120 Å². The molecule has 1 fully saturated rings. The normalized spacial score (nSPS) is 24.3. The molecule has 2 unspecified atom stereocenters. The molecule has 5 heteroatoms. The lowest BCUT2D eigenvalue weighted by Crippen LogP contribution is -2.34. The van der Waals surface area contributed by atoms with Crippen LogP contribution in [0, 0.1) is 12.8 Å². The molecule has 1 aromatic rings. The van der Waals surface area contributed by atoms with Crippen molar-refractivity contribution in [2.24, 2.45) is 5.92 Å². The van der Waals surface area contributed by atoms with Crippen molar-refractivity contribution in [1.82, 2.24) is 4.72 Å². The molecule has 1 aromatic carbocycles. The van der Waals surface area contributed by atoms with Crippen molar-refractivity contribution in [3.63, 3.8) is 0 Å². The molecule has 1 N–H and O–H groups in total. The van der Waals surface area contributed by atoms with Gasteiger partial charge >= 0.3 is 0 Å². The Kier molecular flexibility index (Phi) is 4.87. The van der Waals surface area contributed by atoms with Gasteiger partial charge in [-0.25, -0.2) is 13.1 Å². The van der Waals surface area contributed by atoms with E-state index in [2.05, 4.69) is 4.72 Å². The Morgan fingerprint density at radius 2 is 2.05 bits per heavy atom. The fourth-order valence-electron chi connectivity index (χ4n) is 2.47. The third-order valence-corrected chi connectivity index (χ3v) is 5.65. The lowest BCUT2D eigenvalue weighted by molar-refractivity contribution is 0.364. The first-order chi connectivity index (χ1) is 8.99. The number of nitrogens with one attached hydrogen (secondary N) is 1. The molecule has 2 atom stereocenters. The van der Waals surface area contributed by atoms with Gasteiger partial charge in [-0.3, -0.25) is 0 Å². The van der Waals surface area contributed by atoms with E-state index in [0.717, 1.165) is 31.2 Å². The zero-order chi connectivity index (χ0) is 13.9. The molecule has 0 saturated heterocycles. The van der Waals surface area contributed by atoms with E-state index >= 15 is 0 Å². The Balaban J connectivity index is 2.01. The minimum atomic E-state index is -3.41. The molecule has 0 aromatic heterocycles. The van der Waals surface area contributed by atoms with Gasteiger partial charge in [0, 0.05) is 11.9 Å². The molecule has 106 valence electrons. The summed E-state index contributed by atoms with van der Waals surface area (Å²) >= 11 is 6.25. The molecule has 0 heterocycles. The van der Waals surface area contributed by atoms with Crippen molar-refractivity contribution >= 4 is 21.6 Å². The summed E-state index contributed by atoms with van der Waals surface area (Å²) in [5, 5.41) is 0.0916. The molecular weight excluding hydrogens is 282 g/mol. The fraction of sp³-hybridized carbons (Fsp3) is 0.571. The van der Waals surface area contributed by atoms with Crippen LogP contribution in [0.1, 0.15) is 31.2 Å². The van der Waals surface area contributed by atoms with E-state index in [0.29, 0.717) is 11.4 Å². The Morgan fingerprint density at radius 1 is 1.32 bits per heavy atom. The number of hydrogen-bond acceptors (Lipinski definition) is 2. The van der Waals surface area contributed by atoms with Crippen LogP contribution >= 0.6 is 11.6 Å². The zero-order valence-corrected chi connectivity index (χ0v) is 12.7. The number of benzene rings is 1. The van der Waals surface area contributed by atoms with Crippen molar-refractivity contribution in [1.29, 1.82) is 0 Å². The van der Waals surface area contributed by atoms with Crippen molar-refractivity contribution in [3.8, 4) is 0 Å². The first-order valence-corrected chi connectivity index (χ1v) is 8.61. The Hall–Kier alpha value is -0.580. The maximum atomic E-state index is 12.2. The minimum Gasteiger partial charge on any atom is -0.211 e. The smallest absolute Gasteiger partial charge is 0.211 e. The molecule has 2 rings (SSSR count). The van der Waals surface area contributed by atoms with Gasteiger partial charge in [-0.05, 0) is 43.4 Å². The first-order valence-electron chi connectivity index (χ1n) is 6.69. The van der Waals surface area contributed by atoms with Crippen LogP contribution < -0.4 is 4.72 Å². The quantitative estimate of drug-likeness (QED) is 0.869. The Bertz CT molecular complexity index is 530. The minimum absolute atomic E-state index is 0.0916. The Morgan fingerprint density at radius 3 is 2.74 bits per heavy atom. The van der Waals surface area contributed by atoms with Crippen LogP contribution in [0.3, 0.4) is 0 Å². The van der Waals surface area contributed by atoms with Gasteiger partial charge in [-0.1, -0.05) is 25.0 Å². The number of aryl methyl sites for hydroxylation is 1. The number of sulfonamides is 1. The van der Waals surface area contributed by atoms with E-state index in [1.165, 1.54) is 0 Å². The molecule has 0 aliphatic heterocycles. The topological polar surface area (TPSA) is 46.2 Å². The lowest BCUT2D eigenvalue weighted by Gasteiger charge is -2.27. The maximum Gasteiger partial charge on any atom is 0.240 e. The van der Waals surface area contributed by atoms with Gasteiger partial charge in [-0.15, -0.1) is 11.6 Å². The summed E-state index contributed by atoms with van der Waals surface area (Å²) in [6, 6.07) is 6.94. The van der Waals surface area contributed by atoms with Gasteiger partial charge in [0.2, 0.25) is 10.0 Å². The second-order valence-electron chi connectivity index (χ2n) is 5.23. The van der Waals surface area contributed by atoms with E-state index in [4.69, 9.17) is 11.6 Å². The van der Waals surface area contributed by atoms with Crippen LogP contribution in [-0.2, 0) is 10.0 Å². The SMILES string of the molecule is Cc1cccc(S(=O)(=O)NCC2CCCCC2Cl)c1. The molecule has 0 spiro atoms. The average molecular weight is 302 g/mol. The average Bonchev–Trinajstić information content (AvgIpc) is 2.38. The van der Waals surface area contributed by atoms with Crippen molar-refractivity contribution in [3.05, 3.63) is 29.8 Å². The highest BCUT2D eigenvalue weighted by molar-refractivity contribution is 7.89. The van der Waals surface area contributed by atoms with Gasteiger partial charge in [0.05, 0.1) is 4.90 Å². The second-order valence-corrected chi connectivity index (χ2v) is 7.56. The van der Waals surface area contributed by atoms with Crippen LogP contribution in [0.15, 0.2) is 29.2 Å². The third-order valence-electron chi connectivity index (χ3n) is 3.65. The van der Waals surface area contributed by atoms with Crippen LogP contribution in [0.4, 0.5) is 0 Å². The van der Waals surface area contributed by atoms with E-state index in [1.54, 1.807) is 18.2 Å². The lowest BCUT2D eigenvalue weighted by atomic mass is 9.89. The van der Waals surface area contributed by atoms with E-state index in [9.17, 15) is 8.42 Å². The molecule has 1 saturated carbocycles. The van der Waals surface area contributed by atoms with Crippen molar-refractivity contribution in [2.75, 3.05) is 6.54 Å². The number of alkyl halides is 1. The highest BCUT2D eigenvalue weighted by atomic mass is 35.5. The third kappa shape index (κ3) is 3.94. The molecule has 0 radical (unpaired) electrons. The summed E-state index contributed by atoms with van der Waals surface area (Å²) in [5.41, 5.74) is 0.941. The van der Waals surface area contributed by atoms with E-state index in [-0.39, 0.29) is 11.3 Å². The highest BCUT2D eigenvalue weighted by Crippen LogP contribution is 2.28. The van der Waals surface area contributed by atoms with Crippen LogP contribution in [0.2, 0.25) is 0 Å². The molecule has 3 nitrogen and oxygen atoms in total. The van der Waals surface area contributed by atoms with Crippen LogP contribution in [0.25, 0.3) is 0 Å². The maximum absolute atomic E-state index is 12.2. The summed E-state index contributed by atoms with van der Waals surface area (Å²) in [6.07, 6.45) is 4.28.